The summed E-state index contributed by atoms with van der Waals surface area (Å²) in [6.07, 6.45) is 3.90. The smallest absolute Gasteiger partial charge is 0.0164 e. The second-order valence-electron chi connectivity index (χ2n) is 5.30. The maximum absolute atomic E-state index is 3.64. The minimum absolute atomic E-state index is 0.640. The average Bonchev–Trinajstić information content (AvgIpc) is 2.43. The zero-order valence-corrected chi connectivity index (χ0v) is 13.7. The molecule has 1 aromatic carbocycles. The molecule has 0 spiro atoms. The Balaban J connectivity index is 2.46. The Morgan fingerprint density at radius 3 is 2.21 bits per heavy atom. The van der Waals surface area contributed by atoms with E-state index in [1.807, 2.05) is 11.8 Å². The Hall–Kier alpha value is -0.470. The standard InChI is InChI=1S/C17H29NS/c1-5-15(6-2)12-16(18-7-3)13-19-17-10-8-14(4)9-11-17/h8-11,15-16,18H,5-7,12-13H2,1-4H3. The first-order valence-corrected chi connectivity index (χ1v) is 8.60. The highest BCUT2D eigenvalue weighted by Gasteiger charge is 2.13. The van der Waals surface area contributed by atoms with Crippen LogP contribution in [0.4, 0.5) is 0 Å². The molecule has 0 aliphatic rings. The van der Waals surface area contributed by atoms with Crippen molar-refractivity contribution in [1.29, 1.82) is 0 Å². The van der Waals surface area contributed by atoms with E-state index in [1.54, 1.807) is 0 Å². The second kappa shape index (κ2) is 9.44. The van der Waals surface area contributed by atoms with Crippen LogP contribution in [0.2, 0.25) is 0 Å². The Labute approximate surface area is 123 Å². The number of nitrogens with one attached hydrogen (secondary N) is 1. The quantitative estimate of drug-likeness (QED) is 0.646. The van der Waals surface area contributed by atoms with E-state index in [4.69, 9.17) is 0 Å². The number of hydrogen-bond acceptors (Lipinski definition) is 2. The van der Waals surface area contributed by atoms with Gasteiger partial charge in [0.2, 0.25) is 0 Å². The summed E-state index contributed by atoms with van der Waals surface area (Å²) in [7, 11) is 0. The summed E-state index contributed by atoms with van der Waals surface area (Å²) in [6, 6.07) is 9.51. The van der Waals surface area contributed by atoms with Crippen LogP contribution in [0.15, 0.2) is 29.2 Å². The van der Waals surface area contributed by atoms with Crippen molar-refractivity contribution in [3.63, 3.8) is 0 Å². The SMILES string of the molecule is CCNC(CSc1ccc(C)cc1)CC(CC)CC. The summed E-state index contributed by atoms with van der Waals surface area (Å²) in [5.41, 5.74) is 1.34. The van der Waals surface area contributed by atoms with Crippen molar-refractivity contribution in [2.24, 2.45) is 5.92 Å². The average molecular weight is 279 g/mol. The highest BCUT2D eigenvalue weighted by atomic mass is 32.2. The number of rotatable bonds is 9. The summed E-state index contributed by atoms with van der Waals surface area (Å²) in [5.74, 6) is 2.04. The normalized spacial score (nSPS) is 12.9. The van der Waals surface area contributed by atoms with E-state index < -0.39 is 0 Å². The fourth-order valence-corrected chi connectivity index (χ4v) is 3.33. The second-order valence-corrected chi connectivity index (χ2v) is 6.39. The lowest BCUT2D eigenvalue weighted by molar-refractivity contribution is 0.388. The molecule has 0 saturated carbocycles. The molecule has 2 heteroatoms. The van der Waals surface area contributed by atoms with Crippen molar-refractivity contribution in [3.05, 3.63) is 29.8 Å². The largest absolute Gasteiger partial charge is 0.313 e. The van der Waals surface area contributed by atoms with E-state index in [9.17, 15) is 0 Å². The molecule has 1 aromatic rings. The predicted octanol–water partition coefficient (Wildman–Crippen LogP) is 4.89. The van der Waals surface area contributed by atoms with Gasteiger partial charge in [-0.2, -0.15) is 0 Å². The van der Waals surface area contributed by atoms with Crippen molar-refractivity contribution < 1.29 is 0 Å². The Morgan fingerprint density at radius 1 is 1.05 bits per heavy atom. The van der Waals surface area contributed by atoms with Crippen molar-refractivity contribution in [3.8, 4) is 0 Å². The van der Waals surface area contributed by atoms with Gasteiger partial charge in [-0.05, 0) is 37.9 Å². The van der Waals surface area contributed by atoms with E-state index in [-0.39, 0.29) is 0 Å². The van der Waals surface area contributed by atoms with Crippen LogP contribution in [0, 0.1) is 12.8 Å². The molecule has 1 nitrogen and oxygen atoms in total. The molecule has 108 valence electrons. The van der Waals surface area contributed by atoms with Crippen LogP contribution in [-0.4, -0.2) is 18.3 Å². The van der Waals surface area contributed by atoms with Gasteiger partial charge < -0.3 is 5.32 Å². The van der Waals surface area contributed by atoms with Crippen LogP contribution in [0.5, 0.6) is 0 Å². The summed E-state index contributed by atoms with van der Waals surface area (Å²) in [6.45, 7) is 10.0. The molecule has 0 aliphatic heterocycles. The molecule has 0 fully saturated rings. The van der Waals surface area contributed by atoms with E-state index >= 15 is 0 Å². The molecule has 0 amide bonds. The van der Waals surface area contributed by atoms with Crippen LogP contribution >= 0.6 is 11.8 Å². The molecular formula is C17H29NS. The molecule has 0 bridgehead atoms. The van der Waals surface area contributed by atoms with E-state index in [0.717, 1.165) is 12.5 Å². The van der Waals surface area contributed by atoms with Gasteiger partial charge in [0.15, 0.2) is 0 Å². The Bertz CT molecular complexity index is 330. The van der Waals surface area contributed by atoms with Gasteiger partial charge in [0.1, 0.15) is 0 Å². The molecule has 0 aromatic heterocycles. The predicted molar refractivity (Wildman–Crippen MR) is 88.1 cm³/mol. The van der Waals surface area contributed by atoms with Gasteiger partial charge in [-0.25, -0.2) is 0 Å². The summed E-state index contributed by atoms with van der Waals surface area (Å²) >= 11 is 1.98. The molecule has 1 atom stereocenters. The first-order chi connectivity index (χ1) is 9.19. The molecule has 1 N–H and O–H groups in total. The molecule has 0 aliphatic carbocycles. The van der Waals surface area contributed by atoms with Gasteiger partial charge in [0, 0.05) is 16.7 Å². The molecule has 1 unspecified atom stereocenters. The molecule has 0 saturated heterocycles. The first kappa shape index (κ1) is 16.6. The third-order valence-corrected chi connectivity index (χ3v) is 4.91. The first-order valence-electron chi connectivity index (χ1n) is 7.62. The lowest BCUT2D eigenvalue weighted by Crippen LogP contribution is -2.33. The lowest BCUT2D eigenvalue weighted by Gasteiger charge is -2.22. The van der Waals surface area contributed by atoms with E-state index in [2.05, 4.69) is 57.3 Å². The minimum atomic E-state index is 0.640. The van der Waals surface area contributed by atoms with Crippen molar-refractivity contribution in [2.75, 3.05) is 12.3 Å². The molecule has 0 radical (unpaired) electrons. The molecular weight excluding hydrogens is 250 g/mol. The Kier molecular flexibility index (Phi) is 8.24. The maximum atomic E-state index is 3.64. The number of hydrogen-bond donors (Lipinski definition) is 1. The monoisotopic (exact) mass is 279 g/mol. The molecule has 0 heterocycles. The van der Waals surface area contributed by atoms with Gasteiger partial charge in [-0.3, -0.25) is 0 Å². The third-order valence-electron chi connectivity index (χ3n) is 3.74. The van der Waals surface area contributed by atoms with Crippen molar-refractivity contribution >= 4 is 11.8 Å². The van der Waals surface area contributed by atoms with Crippen molar-refractivity contribution in [1.82, 2.24) is 5.32 Å². The van der Waals surface area contributed by atoms with E-state index in [0.29, 0.717) is 6.04 Å². The molecule has 19 heavy (non-hydrogen) atoms. The lowest BCUT2D eigenvalue weighted by atomic mass is 9.95. The van der Waals surface area contributed by atoms with E-state index in [1.165, 1.54) is 35.5 Å². The van der Waals surface area contributed by atoms with Crippen LogP contribution in [0.3, 0.4) is 0 Å². The fraction of sp³-hybridized carbons (Fsp3) is 0.647. The van der Waals surface area contributed by atoms with Crippen LogP contribution in [0.1, 0.15) is 45.6 Å². The van der Waals surface area contributed by atoms with Gasteiger partial charge in [-0.1, -0.05) is 51.3 Å². The summed E-state index contributed by atoms with van der Waals surface area (Å²) in [4.78, 5) is 1.39. The summed E-state index contributed by atoms with van der Waals surface area (Å²) < 4.78 is 0. The van der Waals surface area contributed by atoms with Gasteiger partial charge >= 0.3 is 0 Å². The third kappa shape index (κ3) is 6.49. The van der Waals surface area contributed by atoms with Gasteiger partial charge in [0.05, 0.1) is 0 Å². The number of aryl methyl sites for hydroxylation is 1. The topological polar surface area (TPSA) is 12.0 Å². The van der Waals surface area contributed by atoms with Crippen molar-refractivity contribution in [2.45, 2.75) is 57.9 Å². The number of benzene rings is 1. The highest BCUT2D eigenvalue weighted by Crippen LogP contribution is 2.23. The Morgan fingerprint density at radius 2 is 1.68 bits per heavy atom. The number of thioether (sulfide) groups is 1. The van der Waals surface area contributed by atoms with Crippen LogP contribution in [-0.2, 0) is 0 Å². The highest BCUT2D eigenvalue weighted by molar-refractivity contribution is 7.99. The van der Waals surface area contributed by atoms with Gasteiger partial charge in [-0.15, -0.1) is 11.8 Å². The molecule has 1 rings (SSSR count). The maximum Gasteiger partial charge on any atom is 0.0164 e. The fourth-order valence-electron chi connectivity index (χ4n) is 2.35. The minimum Gasteiger partial charge on any atom is -0.313 e. The summed E-state index contributed by atoms with van der Waals surface area (Å²) in [5, 5.41) is 3.64. The zero-order valence-electron chi connectivity index (χ0n) is 12.9. The van der Waals surface area contributed by atoms with Gasteiger partial charge in [0.25, 0.3) is 0 Å². The van der Waals surface area contributed by atoms with Crippen LogP contribution in [0.25, 0.3) is 0 Å². The zero-order chi connectivity index (χ0) is 14.1. The van der Waals surface area contributed by atoms with Crippen LogP contribution < -0.4 is 5.32 Å².